The number of rotatable bonds is 9. The third kappa shape index (κ3) is 4.65. The van der Waals surface area contributed by atoms with Crippen molar-refractivity contribution in [2.45, 2.75) is 32.5 Å². The molecule has 3 heterocycles. The van der Waals surface area contributed by atoms with Crippen LogP contribution >= 0.6 is 0 Å². The van der Waals surface area contributed by atoms with Gasteiger partial charge in [0, 0.05) is 20.1 Å². The van der Waals surface area contributed by atoms with Crippen LogP contribution in [0, 0.1) is 6.92 Å². The Bertz CT molecular complexity index is 1090. The van der Waals surface area contributed by atoms with E-state index in [0.29, 0.717) is 48.8 Å². The van der Waals surface area contributed by atoms with Crippen molar-refractivity contribution >= 4 is 11.8 Å². The fourth-order valence-electron chi connectivity index (χ4n) is 3.60. The molecule has 168 valence electrons. The highest BCUT2D eigenvalue weighted by atomic mass is 16.5. The zero-order valence-corrected chi connectivity index (χ0v) is 18.0. The number of nitrogens with zero attached hydrogens (tertiary/aromatic N) is 3. The summed E-state index contributed by atoms with van der Waals surface area (Å²) in [5, 5.41) is 14.0. The molecule has 1 aliphatic heterocycles. The molecule has 10 heteroatoms. The molecule has 0 unspecified atom stereocenters. The first-order valence-corrected chi connectivity index (χ1v) is 10.3. The Morgan fingerprint density at radius 1 is 1.25 bits per heavy atom. The van der Waals surface area contributed by atoms with Crippen LogP contribution in [0.2, 0.25) is 0 Å². The maximum Gasteiger partial charge on any atom is 0.274 e. The van der Waals surface area contributed by atoms with Crippen molar-refractivity contribution in [3.05, 3.63) is 64.8 Å². The number of methoxy groups -OCH3 is 1. The van der Waals surface area contributed by atoms with Crippen LogP contribution in [0.5, 0.6) is 5.75 Å². The van der Waals surface area contributed by atoms with E-state index in [0.717, 1.165) is 5.69 Å². The standard InChI is InChI=1S/C22H25N5O5/c1-14-18(13-31-16-6-4-3-5-7-16)20(26-32-14)22(29)25-15-10-19-17(11-24-27(19)12-15)21(28)23-8-9-30-2/h3-7,11,15H,8-10,12-13H2,1-2H3,(H,23,28)(H,25,29)/t15-/m0/s1. The van der Waals surface area contributed by atoms with Crippen molar-refractivity contribution in [3.8, 4) is 5.75 Å². The Morgan fingerprint density at radius 3 is 2.84 bits per heavy atom. The van der Waals surface area contributed by atoms with Gasteiger partial charge < -0.3 is 24.6 Å². The van der Waals surface area contributed by atoms with Gasteiger partial charge in [-0.2, -0.15) is 5.10 Å². The number of nitrogens with one attached hydrogen (secondary N) is 2. The van der Waals surface area contributed by atoms with Crippen LogP contribution in [0.3, 0.4) is 0 Å². The van der Waals surface area contributed by atoms with E-state index in [1.54, 1.807) is 24.9 Å². The lowest BCUT2D eigenvalue weighted by Crippen LogP contribution is -2.37. The lowest BCUT2D eigenvalue weighted by Gasteiger charge is -2.12. The van der Waals surface area contributed by atoms with E-state index in [1.165, 1.54) is 0 Å². The quantitative estimate of drug-likeness (QED) is 0.485. The van der Waals surface area contributed by atoms with Gasteiger partial charge in [-0.25, -0.2) is 0 Å². The van der Waals surface area contributed by atoms with Crippen LogP contribution in [0.15, 0.2) is 41.1 Å². The van der Waals surface area contributed by atoms with Crippen LogP contribution in [0.1, 0.15) is 37.9 Å². The summed E-state index contributed by atoms with van der Waals surface area (Å²) in [6.07, 6.45) is 2.04. The van der Waals surface area contributed by atoms with Gasteiger partial charge in [-0.15, -0.1) is 0 Å². The second-order valence-electron chi connectivity index (χ2n) is 7.48. The number of carbonyl (C=O) groups is 2. The van der Waals surface area contributed by atoms with Crippen molar-refractivity contribution in [2.24, 2.45) is 0 Å². The monoisotopic (exact) mass is 439 g/mol. The molecule has 1 aliphatic rings. The van der Waals surface area contributed by atoms with E-state index in [4.69, 9.17) is 14.0 Å². The zero-order valence-electron chi connectivity index (χ0n) is 18.0. The number of aryl methyl sites for hydroxylation is 1. The highest BCUT2D eigenvalue weighted by molar-refractivity contribution is 5.95. The number of para-hydroxylation sites is 1. The summed E-state index contributed by atoms with van der Waals surface area (Å²) < 4.78 is 17.7. The summed E-state index contributed by atoms with van der Waals surface area (Å²) in [6.45, 7) is 3.23. The van der Waals surface area contributed by atoms with Crippen LogP contribution in [-0.2, 0) is 24.3 Å². The third-order valence-electron chi connectivity index (χ3n) is 5.28. The maximum atomic E-state index is 12.9. The van der Waals surface area contributed by atoms with Crippen LogP contribution in [0.4, 0.5) is 0 Å². The van der Waals surface area contributed by atoms with Gasteiger partial charge in [0.1, 0.15) is 18.1 Å². The molecule has 4 rings (SSSR count). The van der Waals surface area contributed by atoms with Gasteiger partial charge in [0.15, 0.2) is 5.69 Å². The summed E-state index contributed by atoms with van der Waals surface area (Å²) >= 11 is 0. The molecule has 0 saturated heterocycles. The van der Waals surface area contributed by atoms with Crippen molar-refractivity contribution in [1.82, 2.24) is 25.6 Å². The van der Waals surface area contributed by atoms with E-state index in [2.05, 4.69) is 20.9 Å². The predicted molar refractivity (Wildman–Crippen MR) is 113 cm³/mol. The molecule has 32 heavy (non-hydrogen) atoms. The Balaban J connectivity index is 1.38. The van der Waals surface area contributed by atoms with Crippen LogP contribution in [0.25, 0.3) is 0 Å². The Labute approximate surface area is 184 Å². The fourth-order valence-corrected chi connectivity index (χ4v) is 3.60. The number of hydrogen-bond donors (Lipinski definition) is 2. The molecule has 0 aliphatic carbocycles. The summed E-state index contributed by atoms with van der Waals surface area (Å²) in [5.41, 5.74) is 2.09. The average molecular weight is 439 g/mol. The number of fused-ring (bicyclic) bond motifs is 1. The van der Waals surface area contributed by atoms with Crippen LogP contribution in [-0.4, -0.2) is 53.1 Å². The van der Waals surface area contributed by atoms with Gasteiger partial charge in [0.25, 0.3) is 11.8 Å². The van der Waals surface area contributed by atoms with E-state index in [9.17, 15) is 9.59 Å². The van der Waals surface area contributed by atoms with Crippen molar-refractivity contribution in [3.63, 3.8) is 0 Å². The number of benzene rings is 1. The molecule has 2 amide bonds. The highest BCUT2D eigenvalue weighted by Crippen LogP contribution is 2.21. The molecule has 1 atom stereocenters. The minimum atomic E-state index is -0.352. The number of ether oxygens (including phenoxy) is 2. The number of hydrogen-bond acceptors (Lipinski definition) is 7. The first kappa shape index (κ1) is 21.6. The van der Waals surface area contributed by atoms with Gasteiger partial charge in [-0.05, 0) is 19.1 Å². The lowest BCUT2D eigenvalue weighted by molar-refractivity contribution is 0.0923. The van der Waals surface area contributed by atoms with Gasteiger partial charge >= 0.3 is 0 Å². The highest BCUT2D eigenvalue weighted by Gasteiger charge is 2.30. The Hall–Kier alpha value is -3.66. The van der Waals surface area contributed by atoms with Crippen molar-refractivity contribution < 1.29 is 23.6 Å². The second kappa shape index (κ2) is 9.65. The first-order chi connectivity index (χ1) is 15.6. The molecule has 2 aromatic heterocycles. The third-order valence-corrected chi connectivity index (χ3v) is 5.28. The molecular weight excluding hydrogens is 414 g/mol. The fraction of sp³-hybridized carbons (Fsp3) is 0.364. The maximum absolute atomic E-state index is 12.9. The molecule has 3 aromatic rings. The van der Waals surface area contributed by atoms with Crippen molar-refractivity contribution in [2.75, 3.05) is 20.3 Å². The molecule has 10 nitrogen and oxygen atoms in total. The average Bonchev–Trinajstić information content (AvgIpc) is 3.47. The number of carbonyl (C=O) groups excluding carboxylic acids is 2. The SMILES string of the molecule is COCCNC(=O)c1cnn2c1C[C@H](NC(=O)c1noc(C)c1COc1ccccc1)C2. The largest absolute Gasteiger partial charge is 0.489 e. The topological polar surface area (TPSA) is 121 Å². The normalized spacial score (nSPS) is 14.8. The van der Waals surface area contributed by atoms with Gasteiger partial charge in [0.05, 0.1) is 42.2 Å². The van der Waals surface area contributed by atoms with Gasteiger partial charge in [-0.3, -0.25) is 14.3 Å². The molecule has 2 N–H and O–H groups in total. The molecule has 0 spiro atoms. The minimum absolute atomic E-state index is 0.167. The molecule has 0 fully saturated rings. The molecule has 1 aromatic carbocycles. The van der Waals surface area contributed by atoms with E-state index >= 15 is 0 Å². The molecular formula is C22H25N5O5. The van der Waals surface area contributed by atoms with E-state index < -0.39 is 0 Å². The summed E-state index contributed by atoms with van der Waals surface area (Å²) in [4.78, 5) is 25.3. The minimum Gasteiger partial charge on any atom is -0.489 e. The van der Waals surface area contributed by atoms with Crippen LogP contribution < -0.4 is 15.4 Å². The van der Waals surface area contributed by atoms with E-state index in [-0.39, 0.29) is 30.2 Å². The summed E-state index contributed by atoms with van der Waals surface area (Å²) in [5.74, 6) is 0.663. The van der Waals surface area contributed by atoms with Gasteiger partial charge in [0.2, 0.25) is 0 Å². The Kier molecular flexibility index (Phi) is 6.50. The number of aromatic nitrogens is 3. The van der Waals surface area contributed by atoms with Crippen molar-refractivity contribution in [1.29, 1.82) is 0 Å². The van der Waals surface area contributed by atoms with Gasteiger partial charge in [-0.1, -0.05) is 23.4 Å². The predicted octanol–water partition coefficient (Wildman–Crippen LogP) is 1.49. The van der Waals surface area contributed by atoms with E-state index in [1.807, 2.05) is 30.3 Å². The first-order valence-electron chi connectivity index (χ1n) is 10.3. The molecule has 0 radical (unpaired) electrons. The second-order valence-corrected chi connectivity index (χ2v) is 7.48. The molecule has 0 bridgehead atoms. The zero-order chi connectivity index (χ0) is 22.5. The Morgan fingerprint density at radius 2 is 2.06 bits per heavy atom. The molecule has 0 saturated carbocycles. The summed E-state index contributed by atoms with van der Waals surface area (Å²) in [6, 6.07) is 9.11. The smallest absolute Gasteiger partial charge is 0.274 e. The number of amides is 2. The summed E-state index contributed by atoms with van der Waals surface area (Å²) in [7, 11) is 1.58. The lowest BCUT2D eigenvalue weighted by atomic mass is 10.1.